The van der Waals surface area contributed by atoms with E-state index in [2.05, 4.69) is 9.72 Å². The van der Waals surface area contributed by atoms with Crippen molar-refractivity contribution in [2.45, 2.75) is 12.8 Å². The maximum atomic E-state index is 12.6. The summed E-state index contributed by atoms with van der Waals surface area (Å²) in [5.74, 6) is -0.673. The number of pyridine rings is 1. The molecule has 0 aliphatic carbocycles. The van der Waals surface area contributed by atoms with Crippen LogP contribution in [0, 0.1) is 0 Å². The van der Waals surface area contributed by atoms with Crippen LogP contribution in [-0.2, 0) is 16.0 Å². The van der Waals surface area contributed by atoms with Crippen LogP contribution in [0.2, 0.25) is 10.3 Å². The second kappa shape index (κ2) is 5.41. The van der Waals surface area contributed by atoms with Gasteiger partial charge in [0.05, 0.1) is 13.5 Å². The van der Waals surface area contributed by atoms with Gasteiger partial charge in [0, 0.05) is 11.1 Å². The lowest BCUT2D eigenvalue weighted by atomic mass is 10.1. The largest absolute Gasteiger partial charge is 0.469 e. The summed E-state index contributed by atoms with van der Waals surface area (Å²) in [7, 11) is 1.15. The predicted octanol–water partition coefficient (Wildman–Crippen LogP) is 3.04. The standard InChI is InChI=1S/C9H7Cl2F2NO2/c1-16-7(15)3-4-5(9(12)13)2-6(10)14-8(4)11/h2,9H,3H2,1H3. The summed E-state index contributed by atoms with van der Waals surface area (Å²) >= 11 is 11.1. The van der Waals surface area contributed by atoms with Crippen LogP contribution in [-0.4, -0.2) is 18.1 Å². The van der Waals surface area contributed by atoms with Crippen LogP contribution in [0.25, 0.3) is 0 Å². The van der Waals surface area contributed by atoms with Crippen molar-refractivity contribution in [3.63, 3.8) is 0 Å². The Bertz CT molecular complexity index is 413. The average molecular weight is 270 g/mol. The minimum absolute atomic E-state index is 0.0621. The minimum atomic E-state index is -2.78. The third-order valence-corrected chi connectivity index (χ3v) is 2.37. The average Bonchev–Trinajstić information content (AvgIpc) is 2.20. The number of esters is 1. The number of nitrogens with zero attached hydrogens (tertiary/aromatic N) is 1. The molecule has 0 amide bonds. The van der Waals surface area contributed by atoms with Crippen molar-refractivity contribution in [2.24, 2.45) is 0 Å². The topological polar surface area (TPSA) is 39.2 Å². The van der Waals surface area contributed by atoms with Gasteiger partial charge in [-0.3, -0.25) is 4.79 Å². The first-order chi connectivity index (χ1) is 7.45. The number of carbonyl (C=O) groups excluding carboxylic acids is 1. The third kappa shape index (κ3) is 3.02. The molecule has 0 aliphatic heterocycles. The third-order valence-electron chi connectivity index (χ3n) is 1.86. The van der Waals surface area contributed by atoms with E-state index in [-0.39, 0.29) is 22.3 Å². The van der Waals surface area contributed by atoms with E-state index in [1.54, 1.807) is 0 Å². The molecule has 0 aromatic carbocycles. The molecule has 1 aromatic heterocycles. The highest BCUT2D eigenvalue weighted by molar-refractivity contribution is 6.33. The van der Waals surface area contributed by atoms with Crippen molar-refractivity contribution in [3.8, 4) is 0 Å². The number of hydrogen-bond acceptors (Lipinski definition) is 3. The van der Waals surface area contributed by atoms with Gasteiger partial charge in [-0.2, -0.15) is 0 Å². The monoisotopic (exact) mass is 269 g/mol. The SMILES string of the molecule is COC(=O)Cc1c(C(F)F)cc(Cl)nc1Cl. The molecular formula is C9H7Cl2F2NO2. The van der Waals surface area contributed by atoms with E-state index in [1.165, 1.54) is 0 Å². The minimum Gasteiger partial charge on any atom is -0.469 e. The maximum absolute atomic E-state index is 12.6. The summed E-state index contributed by atoms with van der Waals surface area (Å²) in [6.45, 7) is 0. The highest BCUT2D eigenvalue weighted by Gasteiger charge is 2.20. The van der Waals surface area contributed by atoms with Gasteiger partial charge in [-0.1, -0.05) is 23.2 Å². The van der Waals surface area contributed by atoms with Crippen molar-refractivity contribution in [3.05, 3.63) is 27.5 Å². The molecule has 7 heteroatoms. The van der Waals surface area contributed by atoms with E-state index in [9.17, 15) is 13.6 Å². The second-order valence-corrected chi connectivity index (χ2v) is 3.60. The van der Waals surface area contributed by atoms with Crippen LogP contribution in [0.5, 0.6) is 0 Å². The van der Waals surface area contributed by atoms with Gasteiger partial charge < -0.3 is 4.74 Å². The number of ether oxygens (including phenoxy) is 1. The van der Waals surface area contributed by atoms with E-state index in [4.69, 9.17) is 23.2 Å². The van der Waals surface area contributed by atoms with Gasteiger partial charge in [0.2, 0.25) is 0 Å². The smallest absolute Gasteiger partial charge is 0.310 e. The lowest BCUT2D eigenvalue weighted by Crippen LogP contribution is -2.09. The molecule has 16 heavy (non-hydrogen) atoms. The Kier molecular flexibility index (Phi) is 4.44. The van der Waals surface area contributed by atoms with E-state index in [1.807, 2.05) is 0 Å². The first-order valence-corrected chi connectivity index (χ1v) is 4.91. The van der Waals surface area contributed by atoms with Crippen molar-refractivity contribution in [1.29, 1.82) is 0 Å². The van der Waals surface area contributed by atoms with Crippen molar-refractivity contribution < 1.29 is 18.3 Å². The fraction of sp³-hybridized carbons (Fsp3) is 0.333. The first-order valence-electron chi connectivity index (χ1n) is 4.15. The Balaban J connectivity index is 3.19. The Morgan fingerprint density at radius 1 is 1.56 bits per heavy atom. The summed E-state index contributed by atoms with van der Waals surface area (Å²) in [6, 6.07) is 0.983. The Morgan fingerprint density at radius 3 is 2.69 bits per heavy atom. The molecule has 0 bridgehead atoms. The molecule has 1 heterocycles. The Morgan fingerprint density at radius 2 is 2.19 bits per heavy atom. The van der Waals surface area contributed by atoms with Crippen molar-refractivity contribution in [1.82, 2.24) is 4.98 Å². The van der Waals surface area contributed by atoms with Gasteiger partial charge in [0.15, 0.2) is 0 Å². The fourth-order valence-electron chi connectivity index (χ4n) is 1.11. The van der Waals surface area contributed by atoms with Gasteiger partial charge in [0.25, 0.3) is 6.43 Å². The summed E-state index contributed by atoms with van der Waals surface area (Å²) in [5.41, 5.74) is -0.469. The molecule has 3 nitrogen and oxygen atoms in total. The molecule has 0 N–H and O–H groups in total. The molecule has 0 unspecified atom stereocenters. The molecule has 0 spiro atoms. The van der Waals surface area contributed by atoms with E-state index < -0.39 is 18.0 Å². The first kappa shape index (κ1) is 13.1. The lowest BCUT2D eigenvalue weighted by Gasteiger charge is -2.09. The summed E-state index contributed by atoms with van der Waals surface area (Å²) in [5, 5.41) is -0.359. The quantitative estimate of drug-likeness (QED) is 0.626. The van der Waals surface area contributed by atoms with Gasteiger partial charge in [-0.25, -0.2) is 13.8 Å². The summed E-state index contributed by atoms with van der Waals surface area (Å²) < 4.78 is 29.7. The normalized spacial score (nSPS) is 10.6. The van der Waals surface area contributed by atoms with E-state index in [0.717, 1.165) is 13.2 Å². The number of hydrogen-bond donors (Lipinski definition) is 0. The van der Waals surface area contributed by atoms with Gasteiger partial charge in [0.1, 0.15) is 10.3 Å². The molecule has 1 rings (SSSR count). The van der Waals surface area contributed by atoms with Crippen LogP contribution in [0.1, 0.15) is 17.6 Å². The van der Waals surface area contributed by atoms with Gasteiger partial charge in [-0.15, -0.1) is 0 Å². The molecular weight excluding hydrogens is 263 g/mol. The number of methoxy groups -OCH3 is 1. The Labute approximate surface area is 100 Å². The molecule has 0 atom stereocenters. The predicted molar refractivity (Wildman–Crippen MR) is 54.9 cm³/mol. The number of halogens is 4. The zero-order valence-corrected chi connectivity index (χ0v) is 9.65. The molecule has 0 saturated carbocycles. The molecule has 1 aromatic rings. The maximum Gasteiger partial charge on any atom is 0.310 e. The van der Waals surface area contributed by atoms with Gasteiger partial charge >= 0.3 is 5.97 Å². The van der Waals surface area contributed by atoms with Crippen molar-refractivity contribution in [2.75, 3.05) is 7.11 Å². The zero-order valence-electron chi connectivity index (χ0n) is 8.14. The molecule has 0 radical (unpaired) electrons. The van der Waals surface area contributed by atoms with E-state index >= 15 is 0 Å². The molecule has 88 valence electrons. The number of rotatable bonds is 3. The molecule has 0 fully saturated rings. The highest BCUT2D eigenvalue weighted by Crippen LogP contribution is 2.30. The fourth-order valence-corrected chi connectivity index (χ4v) is 1.63. The molecule has 0 aliphatic rings. The summed E-state index contributed by atoms with van der Waals surface area (Å²) in [6.07, 6.45) is -3.14. The zero-order chi connectivity index (χ0) is 12.3. The number of alkyl halides is 2. The lowest BCUT2D eigenvalue weighted by molar-refractivity contribution is -0.139. The number of carbonyl (C=O) groups is 1. The highest BCUT2D eigenvalue weighted by atomic mass is 35.5. The number of aromatic nitrogens is 1. The van der Waals surface area contributed by atoms with E-state index in [0.29, 0.717) is 0 Å². The van der Waals surface area contributed by atoms with Crippen LogP contribution >= 0.6 is 23.2 Å². The summed E-state index contributed by atoms with van der Waals surface area (Å²) in [4.78, 5) is 14.6. The Hall–Kier alpha value is -0.940. The van der Waals surface area contributed by atoms with Crippen LogP contribution in [0.4, 0.5) is 8.78 Å². The molecule has 0 saturated heterocycles. The van der Waals surface area contributed by atoms with Gasteiger partial charge in [-0.05, 0) is 6.07 Å². The van der Waals surface area contributed by atoms with Crippen molar-refractivity contribution >= 4 is 29.2 Å². The van der Waals surface area contributed by atoms with Crippen LogP contribution < -0.4 is 0 Å². The second-order valence-electron chi connectivity index (χ2n) is 2.86. The van der Waals surface area contributed by atoms with Crippen LogP contribution in [0.15, 0.2) is 6.07 Å². The van der Waals surface area contributed by atoms with Crippen LogP contribution in [0.3, 0.4) is 0 Å².